The largest absolute Gasteiger partial charge is 0.508 e. The Bertz CT molecular complexity index is 800. The lowest BCUT2D eigenvalue weighted by atomic mass is 9.92. The van der Waals surface area contributed by atoms with Gasteiger partial charge in [0.1, 0.15) is 30.3 Å². The van der Waals surface area contributed by atoms with Crippen molar-refractivity contribution in [3.8, 4) is 0 Å². The van der Waals surface area contributed by atoms with E-state index in [0.717, 1.165) is 0 Å². The molecular formula is C21H28O12. The lowest BCUT2D eigenvalue weighted by molar-refractivity contribution is -0.177. The Balaban J connectivity index is 1.96. The summed E-state index contributed by atoms with van der Waals surface area (Å²) in [6, 6.07) is 8.15. The zero-order chi connectivity index (χ0) is 24.6. The third-order valence-corrected chi connectivity index (χ3v) is 4.94. The smallest absolute Gasteiger partial charge is 0.456 e. The molecule has 0 bridgehead atoms. The summed E-state index contributed by atoms with van der Waals surface area (Å²) in [5, 5.41) is 38.6. The normalized spacial score (nSPS) is 25.0. The topological polar surface area (TPSA) is 178 Å². The molecule has 33 heavy (non-hydrogen) atoms. The maximum Gasteiger partial charge on any atom is 0.508 e. The predicted molar refractivity (Wildman–Crippen MR) is 108 cm³/mol. The molecule has 1 heterocycles. The van der Waals surface area contributed by atoms with E-state index in [1.54, 1.807) is 30.3 Å². The average molecular weight is 472 g/mol. The Morgan fingerprint density at radius 1 is 1.12 bits per heavy atom. The SMILES string of the molecule is COCC(C)(COC(=O)OCC(=O)c1ccccc1)C(=O)OC1[C@@H](C(O)CO)O[C@H](O)[C@@H]1O. The molecule has 1 aliphatic heterocycles. The minimum Gasteiger partial charge on any atom is -0.456 e. The molecule has 1 aliphatic rings. The summed E-state index contributed by atoms with van der Waals surface area (Å²) in [5.74, 6) is -1.46. The van der Waals surface area contributed by atoms with Crippen LogP contribution >= 0.6 is 0 Å². The molecule has 1 fully saturated rings. The molecule has 12 nitrogen and oxygen atoms in total. The number of esters is 1. The lowest BCUT2D eigenvalue weighted by Gasteiger charge is -2.30. The van der Waals surface area contributed by atoms with Crippen molar-refractivity contribution in [2.45, 2.75) is 37.6 Å². The number of rotatable bonds is 11. The molecule has 184 valence electrons. The van der Waals surface area contributed by atoms with Gasteiger partial charge in [0, 0.05) is 12.7 Å². The summed E-state index contributed by atoms with van der Waals surface area (Å²) < 4.78 is 24.9. The number of Topliss-reactive ketones (excluding diaryl/α,β-unsaturated/α-hetero) is 1. The summed E-state index contributed by atoms with van der Waals surface area (Å²) in [6.07, 6.45) is -9.11. The highest BCUT2D eigenvalue weighted by Gasteiger charge is 2.50. The van der Waals surface area contributed by atoms with Crippen LogP contribution in [0.4, 0.5) is 4.79 Å². The Hall–Kier alpha value is -2.61. The number of methoxy groups -OCH3 is 1. The molecule has 0 aliphatic carbocycles. The molecule has 1 saturated heterocycles. The van der Waals surface area contributed by atoms with Gasteiger partial charge >= 0.3 is 12.1 Å². The van der Waals surface area contributed by atoms with Gasteiger partial charge in [-0.25, -0.2) is 4.79 Å². The zero-order valence-electron chi connectivity index (χ0n) is 18.2. The number of ketones is 1. The predicted octanol–water partition coefficient (Wildman–Crippen LogP) is -0.982. The Labute approximate surface area is 189 Å². The summed E-state index contributed by atoms with van der Waals surface area (Å²) in [6.45, 7) is -0.848. The minimum absolute atomic E-state index is 0.276. The van der Waals surface area contributed by atoms with Crippen molar-refractivity contribution in [3.63, 3.8) is 0 Å². The summed E-state index contributed by atoms with van der Waals surface area (Å²) in [5.41, 5.74) is -1.24. The van der Waals surface area contributed by atoms with E-state index in [0.29, 0.717) is 5.56 Å². The van der Waals surface area contributed by atoms with E-state index in [9.17, 15) is 29.7 Å². The Morgan fingerprint density at radius 3 is 2.39 bits per heavy atom. The van der Waals surface area contributed by atoms with Gasteiger partial charge < -0.3 is 44.1 Å². The summed E-state index contributed by atoms with van der Waals surface area (Å²) >= 11 is 0. The van der Waals surface area contributed by atoms with Crippen molar-refractivity contribution in [1.29, 1.82) is 0 Å². The van der Waals surface area contributed by atoms with Crippen LogP contribution in [0.25, 0.3) is 0 Å². The van der Waals surface area contributed by atoms with Crippen LogP contribution in [-0.2, 0) is 28.5 Å². The highest BCUT2D eigenvalue weighted by molar-refractivity contribution is 5.97. The molecule has 6 atom stereocenters. The van der Waals surface area contributed by atoms with E-state index in [1.807, 2.05) is 0 Å². The minimum atomic E-state index is -1.75. The number of aliphatic hydroxyl groups is 4. The monoisotopic (exact) mass is 472 g/mol. The number of ether oxygens (including phenoxy) is 5. The van der Waals surface area contributed by atoms with Crippen molar-refractivity contribution in [2.75, 3.05) is 33.5 Å². The van der Waals surface area contributed by atoms with E-state index >= 15 is 0 Å². The van der Waals surface area contributed by atoms with Crippen molar-refractivity contribution < 1.29 is 58.5 Å². The van der Waals surface area contributed by atoms with Crippen LogP contribution in [0.5, 0.6) is 0 Å². The third-order valence-electron chi connectivity index (χ3n) is 4.94. The number of carbonyl (C=O) groups is 3. The van der Waals surface area contributed by atoms with Crippen LogP contribution in [0, 0.1) is 5.41 Å². The number of benzene rings is 1. The molecule has 3 unspecified atom stereocenters. The second kappa shape index (κ2) is 12.0. The van der Waals surface area contributed by atoms with E-state index in [4.69, 9.17) is 28.8 Å². The zero-order valence-corrected chi connectivity index (χ0v) is 18.2. The molecule has 1 aromatic rings. The fourth-order valence-electron chi connectivity index (χ4n) is 3.06. The van der Waals surface area contributed by atoms with Crippen LogP contribution in [0.1, 0.15) is 17.3 Å². The van der Waals surface area contributed by atoms with E-state index in [-0.39, 0.29) is 6.61 Å². The van der Waals surface area contributed by atoms with Crippen LogP contribution in [0.15, 0.2) is 30.3 Å². The van der Waals surface area contributed by atoms with Crippen LogP contribution < -0.4 is 0 Å². The van der Waals surface area contributed by atoms with Gasteiger partial charge in [-0.05, 0) is 6.92 Å². The second-order valence-electron chi connectivity index (χ2n) is 7.71. The fraction of sp³-hybridized carbons (Fsp3) is 0.571. The highest BCUT2D eigenvalue weighted by atomic mass is 16.7. The van der Waals surface area contributed by atoms with Gasteiger partial charge in [0.25, 0.3) is 0 Å². The molecule has 0 radical (unpaired) electrons. The Kier molecular flexibility index (Phi) is 9.70. The third kappa shape index (κ3) is 6.93. The maximum absolute atomic E-state index is 12.8. The van der Waals surface area contributed by atoms with Gasteiger partial charge in [-0.2, -0.15) is 0 Å². The first-order valence-corrected chi connectivity index (χ1v) is 10.0. The van der Waals surface area contributed by atoms with Crippen molar-refractivity contribution in [1.82, 2.24) is 0 Å². The van der Waals surface area contributed by atoms with Crippen molar-refractivity contribution >= 4 is 17.9 Å². The molecule has 0 saturated carbocycles. The van der Waals surface area contributed by atoms with Crippen LogP contribution in [0.3, 0.4) is 0 Å². The molecule has 0 spiro atoms. The van der Waals surface area contributed by atoms with E-state index in [1.165, 1.54) is 14.0 Å². The van der Waals surface area contributed by atoms with Gasteiger partial charge in [-0.1, -0.05) is 30.3 Å². The first-order chi connectivity index (χ1) is 15.6. The standard InChI is InChI=1S/C21H28O12/c1-21(10-29-2,11-31-20(28)30-9-14(24)12-6-4-3-5-7-12)19(27)33-17-15(25)18(26)32-16(17)13(23)8-22/h3-7,13,15-18,22-23,25-26H,8-11H2,1-2H3/t13?,15-,16-,17?,18+,21?/m1/s1. The van der Waals surface area contributed by atoms with E-state index in [2.05, 4.69) is 0 Å². The lowest BCUT2D eigenvalue weighted by Crippen LogP contribution is -2.48. The Morgan fingerprint density at radius 2 is 1.79 bits per heavy atom. The molecule has 2 rings (SSSR count). The van der Waals surface area contributed by atoms with Crippen molar-refractivity contribution in [3.05, 3.63) is 35.9 Å². The fourth-order valence-corrected chi connectivity index (χ4v) is 3.06. The van der Waals surface area contributed by atoms with Gasteiger partial charge in [-0.15, -0.1) is 0 Å². The van der Waals surface area contributed by atoms with Crippen LogP contribution in [0.2, 0.25) is 0 Å². The molecular weight excluding hydrogens is 444 g/mol. The number of hydrogen-bond acceptors (Lipinski definition) is 12. The molecule has 4 N–H and O–H groups in total. The van der Waals surface area contributed by atoms with E-state index < -0.39 is 73.8 Å². The second-order valence-corrected chi connectivity index (χ2v) is 7.71. The average Bonchev–Trinajstić information content (AvgIpc) is 3.09. The first kappa shape index (κ1) is 26.6. The number of aliphatic hydroxyl groups excluding tert-OH is 4. The van der Waals surface area contributed by atoms with Gasteiger partial charge in [-0.3, -0.25) is 9.59 Å². The van der Waals surface area contributed by atoms with Gasteiger partial charge in [0.15, 0.2) is 24.8 Å². The quantitative estimate of drug-likeness (QED) is 0.229. The number of hydrogen-bond donors (Lipinski definition) is 4. The van der Waals surface area contributed by atoms with Gasteiger partial charge in [0.2, 0.25) is 0 Å². The maximum atomic E-state index is 12.8. The molecule has 1 aromatic carbocycles. The highest BCUT2D eigenvalue weighted by Crippen LogP contribution is 2.29. The molecule has 0 amide bonds. The summed E-state index contributed by atoms with van der Waals surface area (Å²) in [7, 11) is 1.29. The van der Waals surface area contributed by atoms with Crippen LogP contribution in [-0.4, -0.2) is 103 Å². The van der Waals surface area contributed by atoms with Gasteiger partial charge in [0.05, 0.1) is 13.2 Å². The van der Waals surface area contributed by atoms with Crippen molar-refractivity contribution in [2.24, 2.45) is 5.41 Å². The summed E-state index contributed by atoms with van der Waals surface area (Å²) in [4.78, 5) is 36.7. The molecule has 0 aromatic heterocycles. The number of carbonyl (C=O) groups excluding carboxylic acids is 3. The molecule has 12 heteroatoms. The first-order valence-electron chi connectivity index (χ1n) is 10.0.